The number of nitrogens with one attached hydrogen (secondary N) is 1. The molecule has 20 heavy (non-hydrogen) atoms. The molecular weight excluding hydrogens is 246 g/mol. The summed E-state index contributed by atoms with van der Waals surface area (Å²) in [6, 6.07) is 9.17. The van der Waals surface area contributed by atoms with Crippen molar-refractivity contribution in [3.63, 3.8) is 0 Å². The van der Waals surface area contributed by atoms with Crippen LogP contribution in [-0.2, 0) is 0 Å². The van der Waals surface area contributed by atoms with Crippen LogP contribution in [0.1, 0.15) is 64.5 Å². The van der Waals surface area contributed by atoms with Crippen LogP contribution in [-0.4, -0.2) is 13.2 Å². The quantitative estimate of drug-likeness (QED) is 0.778. The smallest absolute Gasteiger partial charge is 0.119 e. The molecule has 0 aromatic heterocycles. The van der Waals surface area contributed by atoms with Gasteiger partial charge < -0.3 is 10.1 Å². The molecule has 1 aromatic rings. The van der Waals surface area contributed by atoms with Crippen molar-refractivity contribution in [3.8, 4) is 5.75 Å². The number of hydrogen-bond donors (Lipinski definition) is 1. The molecule has 1 aromatic carbocycles. The Morgan fingerprint density at radius 1 is 1.15 bits per heavy atom. The molecular formula is C18H29NO. The van der Waals surface area contributed by atoms with Gasteiger partial charge in [0.2, 0.25) is 0 Å². The maximum absolute atomic E-state index is 5.55. The number of ether oxygens (including phenoxy) is 1. The third-order valence-corrected chi connectivity index (χ3v) is 4.57. The van der Waals surface area contributed by atoms with Crippen molar-refractivity contribution in [2.24, 2.45) is 5.41 Å². The first-order chi connectivity index (χ1) is 9.69. The molecule has 1 fully saturated rings. The summed E-state index contributed by atoms with van der Waals surface area (Å²) in [5.41, 5.74) is 1.81. The largest absolute Gasteiger partial charge is 0.494 e. The zero-order valence-electron chi connectivity index (χ0n) is 13.2. The van der Waals surface area contributed by atoms with Crippen molar-refractivity contribution in [3.05, 3.63) is 29.8 Å². The van der Waals surface area contributed by atoms with Crippen molar-refractivity contribution in [1.29, 1.82) is 0 Å². The van der Waals surface area contributed by atoms with E-state index in [4.69, 9.17) is 4.74 Å². The standard InChI is InChI=1S/C18H29NO/c1-4-14-19-17(18(3)12-6-7-13-18)15-8-10-16(11-9-15)20-5-2/h8-11,17,19H,4-7,12-14H2,1-3H3. The molecule has 1 atom stereocenters. The normalized spacial score (nSPS) is 18.9. The Balaban J connectivity index is 2.16. The average Bonchev–Trinajstić information content (AvgIpc) is 2.89. The van der Waals surface area contributed by atoms with E-state index >= 15 is 0 Å². The second-order valence-corrected chi connectivity index (χ2v) is 6.25. The van der Waals surface area contributed by atoms with Gasteiger partial charge in [-0.2, -0.15) is 0 Å². The van der Waals surface area contributed by atoms with E-state index in [9.17, 15) is 0 Å². The molecule has 1 saturated carbocycles. The Hall–Kier alpha value is -1.02. The van der Waals surface area contributed by atoms with Gasteiger partial charge in [-0.25, -0.2) is 0 Å². The lowest BCUT2D eigenvalue weighted by atomic mass is 9.77. The van der Waals surface area contributed by atoms with Crippen LogP contribution in [0.5, 0.6) is 5.75 Å². The molecule has 1 unspecified atom stereocenters. The van der Waals surface area contributed by atoms with Crippen LogP contribution in [0.2, 0.25) is 0 Å². The maximum Gasteiger partial charge on any atom is 0.119 e. The third-order valence-electron chi connectivity index (χ3n) is 4.57. The van der Waals surface area contributed by atoms with Gasteiger partial charge in [0.25, 0.3) is 0 Å². The van der Waals surface area contributed by atoms with Gasteiger partial charge in [0.15, 0.2) is 0 Å². The lowest BCUT2D eigenvalue weighted by Crippen LogP contribution is -2.35. The van der Waals surface area contributed by atoms with Crippen LogP contribution in [0.3, 0.4) is 0 Å². The Morgan fingerprint density at radius 3 is 2.35 bits per heavy atom. The summed E-state index contributed by atoms with van der Waals surface area (Å²) in [4.78, 5) is 0. The molecule has 0 heterocycles. The molecule has 1 aliphatic carbocycles. The lowest BCUT2D eigenvalue weighted by Gasteiger charge is -2.35. The van der Waals surface area contributed by atoms with E-state index in [-0.39, 0.29) is 0 Å². The van der Waals surface area contributed by atoms with Gasteiger partial charge in [0.05, 0.1) is 6.61 Å². The number of hydrogen-bond acceptors (Lipinski definition) is 2. The fourth-order valence-corrected chi connectivity index (χ4v) is 3.45. The summed E-state index contributed by atoms with van der Waals surface area (Å²) in [5, 5.41) is 3.78. The maximum atomic E-state index is 5.55. The number of benzene rings is 1. The Bertz CT molecular complexity index is 392. The van der Waals surface area contributed by atoms with Crippen molar-refractivity contribution in [1.82, 2.24) is 5.32 Å². The Labute approximate surface area is 123 Å². The molecule has 0 bridgehead atoms. The van der Waals surface area contributed by atoms with E-state index in [2.05, 4.69) is 43.4 Å². The second kappa shape index (κ2) is 7.12. The lowest BCUT2D eigenvalue weighted by molar-refractivity contribution is 0.223. The fraction of sp³-hybridized carbons (Fsp3) is 0.667. The zero-order chi connectivity index (χ0) is 14.4. The molecule has 0 radical (unpaired) electrons. The van der Waals surface area contributed by atoms with Gasteiger partial charge in [-0.15, -0.1) is 0 Å². The minimum Gasteiger partial charge on any atom is -0.494 e. The van der Waals surface area contributed by atoms with E-state index in [1.807, 2.05) is 6.92 Å². The molecule has 2 nitrogen and oxygen atoms in total. The highest BCUT2D eigenvalue weighted by Gasteiger charge is 2.37. The topological polar surface area (TPSA) is 21.3 Å². The second-order valence-electron chi connectivity index (χ2n) is 6.25. The van der Waals surface area contributed by atoms with Gasteiger partial charge in [-0.3, -0.25) is 0 Å². The monoisotopic (exact) mass is 275 g/mol. The summed E-state index contributed by atoms with van der Waals surface area (Å²) in [6.45, 7) is 8.53. The first kappa shape index (κ1) is 15.4. The van der Waals surface area contributed by atoms with Crippen molar-refractivity contribution in [2.75, 3.05) is 13.2 Å². The molecule has 0 amide bonds. The minimum absolute atomic E-state index is 0.405. The molecule has 0 aliphatic heterocycles. The summed E-state index contributed by atoms with van der Waals surface area (Å²) < 4.78 is 5.55. The predicted octanol–water partition coefficient (Wildman–Crippen LogP) is 4.71. The molecule has 0 spiro atoms. The molecule has 0 saturated heterocycles. The van der Waals surface area contributed by atoms with Crippen LogP contribution >= 0.6 is 0 Å². The summed E-state index contributed by atoms with van der Waals surface area (Å²) in [7, 11) is 0. The van der Waals surface area contributed by atoms with Crippen LogP contribution in [0.4, 0.5) is 0 Å². The van der Waals surface area contributed by atoms with Gasteiger partial charge in [-0.1, -0.05) is 38.8 Å². The van der Waals surface area contributed by atoms with Gasteiger partial charge in [0, 0.05) is 6.04 Å². The van der Waals surface area contributed by atoms with Crippen molar-refractivity contribution in [2.45, 2.75) is 58.9 Å². The highest BCUT2D eigenvalue weighted by atomic mass is 16.5. The first-order valence-electron chi connectivity index (χ1n) is 8.16. The van der Waals surface area contributed by atoms with Crippen molar-refractivity contribution >= 4 is 0 Å². The van der Waals surface area contributed by atoms with Gasteiger partial charge in [0.1, 0.15) is 5.75 Å². The average molecular weight is 275 g/mol. The highest BCUT2D eigenvalue weighted by molar-refractivity contribution is 5.30. The van der Waals surface area contributed by atoms with Crippen LogP contribution in [0, 0.1) is 5.41 Å². The van der Waals surface area contributed by atoms with Crippen LogP contribution < -0.4 is 10.1 Å². The molecule has 2 heteroatoms. The summed E-state index contributed by atoms with van der Waals surface area (Å²) >= 11 is 0. The van der Waals surface area contributed by atoms with E-state index in [1.165, 1.54) is 37.7 Å². The minimum atomic E-state index is 0.405. The highest BCUT2D eigenvalue weighted by Crippen LogP contribution is 2.47. The van der Waals surface area contributed by atoms with E-state index in [1.54, 1.807) is 0 Å². The molecule has 2 rings (SSSR count). The molecule has 1 aliphatic rings. The Kier molecular flexibility index (Phi) is 5.47. The van der Waals surface area contributed by atoms with Crippen LogP contribution in [0.15, 0.2) is 24.3 Å². The summed E-state index contributed by atoms with van der Waals surface area (Å²) in [6.07, 6.45) is 6.60. The third kappa shape index (κ3) is 3.54. The SMILES string of the molecule is CCCNC(c1ccc(OCC)cc1)C1(C)CCCC1. The predicted molar refractivity (Wildman–Crippen MR) is 85.2 cm³/mol. The Morgan fingerprint density at radius 2 is 1.80 bits per heavy atom. The summed E-state index contributed by atoms with van der Waals surface area (Å²) in [5.74, 6) is 0.974. The molecule has 1 N–H and O–H groups in total. The fourth-order valence-electron chi connectivity index (χ4n) is 3.45. The van der Waals surface area contributed by atoms with Crippen molar-refractivity contribution < 1.29 is 4.74 Å². The first-order valence-corrected chi connectivity index (χ1v) is 8.16. The van der Waals surface area contributed by atoms with E-state index in [0.717, 1.165) is 18.9 Å². The van der Waals surface area contributed by atoms with E-state index < -0.39 is 0 Å². The molecule has 112 valence electrons. The van der Waals surface area contributed by atoms with Gasteiger partial charge in [-0.05, 0) is 55.8 Å². The van der Waals surface area contributed by atoms with Crippen LogP contribution in [0.25, 0.3) is 0 Å². The zero-order valence-corrected chi connectivity index (χ0v) is 13.2. The van der Waals surface area contributed by atoms with E-state index in [0.29, 0.717) is 11.5 Å². The number of rotatable bonds is 7. The van der Waals surface area contributed by atoms with Gasteiger partial charge >= 0.3 is 0 Å².